The molecule has 208 valence electrons. The number of hydrogen-bond acceptors (Lipinski definition) is 10. The van der Waals surface area contributed by atoms with Crippen LogP contribution >= 0.6 is 0 Å². The molecule has 1 amide bonds. The topological polar surface area (TPSA) is 135 Å². The predicted molar refractivity (Wildman–Crippen MR) is 150 cm³/mol. The molecule has 1 fully saturated rings. The lowest BCUT2D eigenvalue weighted by molar-refractivity contribution is -0.384. The number of carbonyl (C=O) groups is 1. The number of hydrogen-bond donors (Lipinski definition) is 1. The van der Waals surface area contributed by atoms with E-state index in [4.69, 9.17) is 14.5 Å². The first kappa shape index (κ1) is 27.0. The molecule has 0 bridgehead atoms. The molecule has 12 heteroatoms. The largest absolute Gasteiger partial charge is 0.496 e. The summed E-state index contributed by atoms with van der Waals surface area (Å²) in [6, 6.07) is 12.0. The fourth-order valence-electron chi connectivity index (χ4n) is 4.65. The van der Waals surface area contributed by atoms with Gasteiger partial charge in [0, 0.05) is 62.4 Å². The summed E-state index contributed by atoms with van der Waals surface area (Å²) in [5.74, 6) is 1.90. The van der Waals surface area contributed by atoms with Gasteiger partial charge in [0.05, 0.1) is 30.2 Å². The number of nitrogens with zero attached hydrogens (tertiary/aromatic N) is 6. The van der Waals surface area contributed by atoms with Crippen molar-refractivity contribution < 1.29 is 19.2 Å². The summed E-state index contributed by atoms with van der Waals surface area (Å²) in [6.45, 7) is 5.66. The molecule has 1 N–H and O–H groups in total. The molecule has 2 aliphatic heterocycles. The summed E-state index contributed by atoms with van der Waals surface area (Å²) < 4.78 is 11.8. The molecule has 12 nitrogen and oxygen atoms in total. The lowest BCUT2D eigenvalue weighted by Gasteiger charge is -2.34. The molecular weight excluding hydrogens is 514 g/mol. The minimum Gasteiger partial charge on any atom is -0.496 e. The van der Waals surface area contributed by atoms with Crippen molar-refractivity contribution in [3.05, 3.63) is 69.7 Å². The highest BCUT2D eigenvalue weighted by atomic mass is 16.6. The van der Waals surface area contributed by atoms with E-state index in [0.717, 1.165) is 43.2 Å². The van der Waals surface area contributed by atoms with Crippen LogP contribution in [0.5, 0.6) is 17.4 Å². The van der Waals surface area contributed by atoms with Crippen molar-refractivity contribution in [1.82, 2.24) is 20.2 Å². The Morgan fingerprint density at radius 1 is 1.12 bits per heavy atom. The van der Waals surface area contributed by atoms with Crippen LogP contribution in [0.2, 0.25) is 0 Å². The molecule has 0 radical (unpaired) electrons. The van der Waals surface area contributed by atoms with E-state index in [1.54, 1.807) is 26.2 Å². The van der Waals surface area contributed by atoms with Crippen LogP contribution in [-0.4, -0.2) is 71.9 Å². The monoisotopic (exact) mass is 545 g/mol. The number of ether oxygens (including phenoxy) is 2. The van der Waals surface area contributed by atoms with Gasteiger partial charge in [0.25, 0.3) is 5.69 Å². The van der Waals surface area contributed by atoms with E-state index in [-0.39, 0.29) is 23.2 Å². The third kappa shape index (κ3) is 6.01. The molecule has 0 unspecified atom stereocenters. The van der Waals surface area contributed by atoms with Crippen LogP contribution in [-0.2, 0) is 17.6 Å². The second-order valence-electron chi connectivity index (χ2n) is 9.70. The molecule has 5 rings (SSSR count). The summed E-state index contributed by atoms with van der Waals surface area (Å²) in [4.78, 5) is 41.3. The predicted octanol–water partition coefficient (Wildman–Crippen LogP) is 3.64. The maximum atomic E-state index is 12.0. The molecule has 3 aromatic rings. The minimum atomic E-state index is -0.489. The van der Waals surface area contributed by atoms with E-state index in [0.29, 0.717) is 42.3 Å². The number of aromatic nitrogens is 2. The van der Waals surface area contributed by atoms with Crippen molar-refractivity contribution in [1.29, 1.82) is 0 Å². The fourth-order valence-corrected chi connectivity index (χ4v) is 4.65. The number of carbonyl (C=O) groups excluding carboxylic acids is 1. The SMILES string of the molecule is CCC(=O)NC1=Nc2c(nc(Cc3ccc(N4CCN(C)CC4)cc3OC)nc2Oc2cccc([N+](=O)[O-])c2)C1. The summed E-state index contributed by atoms with van der Waals surface area (Å²) in [7, 11) is 3.77. The Morgan fingerprint density at radius 2 is 1.93 bits per heavy atom. The Morgan fingerprint density at radius 3 is 2.65 bits per heavy atom. The molecule has 0 atom stereocenters. The highest BCUT2D eigenvalue weighted by Crippen LogP contribution is 2.38. The van der Waals surface area contributed by atoms with Gasteiger partial charge >= 0.3 is 0 Å². The van der Waals surface area contributed by atoms with E-state index in [2.05, 4.69) is 38.2 Å². The zero-order valence-corrected chi connectivity index (χ0v) is 22.7. The third-order valence-electron chi connectivity index (χ3n) is 6.89. The van der Waals surface area contributed by atoms with Crippen LogP contribution in [0.4, 0.5) is 17.1 Å². The second kappa shape index (κ2) is 11.7. The Bertz CT molecular complexity index is 1470. The summed E-state index contributed by atoms with van der Waals surface area (Å²) in [5.41, 5.74) is 2.89. The smallest absolute Gasteiger partial charge is 0.273 e. The number of piperazine rings is 1. The van der Waals surface area contributed by atoms with Crippen molar-refractivity contribution in [3.63, 3.8) is 0 Å². The van der Waals surface area contributed by atoms with Gasteiger partial charge in [-0.1, -0.05) is 19.1 Å². The number of nitrogens with one attached hydrogen (secondary N) is 1. The number of nitro benzene ring substituents is 1. The first-order valence-electron chi connectivity index (χ1n) is 13.1. The molecular formula is C28H31N7O5. The number of rotatable bonds is 8. The molecule has 2 aromatic carbocycles. The molecule has 0 spiro atoms. The average molecular weight is 546 g/mol. The summed E-state index contributed by atoms with van der Waals surface area (Å²) >= 11 is 0. The van der Waals surface area contributed by atoms with Crippen molar-refractivity contribution in [2.75, 3.05) is 45.2 Å². The summed E-state index contributed by atoms with van der Waals surface area (Å²) in [6.07, 6.45) is 0.982. The van der Waals surface area contributed by atoms with Crippen molar-refractivity contribution in [2.45, 2.75) is 26.2 Å². The Labute approximate surface area is 231 Å². The number of methoxy groups -OCH3 is 1. The Balaban J connectivity index is 1.45. The van der Waals surface area contributed by atoms with E-state index >= 15 is 0 Å². The number of benzene rings is 2. The van der Waals surface area contributed by atoms with Gasteiger partial charge in [0.2, 0.25) is 11.8 Å². The van der Waals surface area contributed by atoms with Crippen LogP contribution in [0, 0.1) is 10.1 Å². The number of amides is 1. The normalized spacial score (nSPS) is 14.9. The molecule has 0 saturated carbocycles. The first-order valence-corrected chi connectivity index (χ1v) is 13.1. The maximum Gasteiger partial charge on any atom is 0.273 e. The Kier molecular flexibility index (Phi) is 7.87. The lowest BCUT2D eigenvalue weighted by atomic mass is 10.1. The van der Waals surface area contributed by atoms with Gasteiger partial charge in [0.1, 0.15) is 28.8 Å². The van der Waals surface area contributed by atoms with Gasteiger partial charge < -0.3 is 24.6 Å². The van der Waals surface area contributed by atoms with Crippen molar-refractivity contribution in [2.24, 2.45) is 4.99 Å². The molecule has 1 saturated heterocycles. The van der Waals surface area contributed by atoms with Gasteiger partial charge in [-0.05, 0) is 19.2 Å². The van der Waals surface area contributed by atoms with Crippen LogP contribution in [0.3, 0.4) is 0 Å². The third-order valence-corrected chi connectivity index (χ3v) is 6.89. The quantitative estimate of drug-likeness (QED) is 0.332. The zero-order valence-electron chi connectivity index (χ0n) is 22.7. The van der Waals surface area contributed by atoms with Crippen molar-refractivity contribution >= 4 is 28.8 Å². The van der Waals surface area contributed by atoms with Crippen LogP contribution < -0.4 is 19.7 Å². The van der Waals surface area contributed by atoms with Gasteiger partial charge in [-0.25, -0.2) is 9.98 Å². The standard InChI is InChI=1S/C28H31N7O5/c1-4-26(36)30-25-17-22-27(31-25)28(40-21-7-5-6-20(15-21)35(37)38)32-24(29-22)14-18-8-9-19(16-23(18)39-3)34-12-10-33(2)11-13-34/h5-9,15-16H,4,10-14,17H2,1-3H3,(H,30,31,36). The number of amidine groups is 1. The molecule has 0 aliphatic carbocycles. The zero-order chi connectivity index (χ0) is 28.2. The van der Waals surface area contributed by atoms with Gasteiger partial charge in [0.15, 0.2) is 0 Å². The maximum absolute atomic E-state index is 12.0. The van der Waals surface area contributed by atoms with E-state index in [9.17, 15) is 14.9 Å². The highest BCUT2D eigenvalue weighted by Gasteiger charge is 2.25. The lowest BCUT2D eigenvalue weighted by Crippen LogP contribution is -2.44. The number of likely N-dealkylation sites (N-methyl/N-ethyl adjacent to an activating group) is 1. The fraction of sp³-hybridized carbons (Fsp3) is 0.357. The van der Waals surface area contributed by atoms with Gasteiger partial charge in [-0.2, -0.15) is 4.98 Å². The van der Waals surface area contributed by atoms with Crippen LogP contribution in [0.25, 0.3) is 0 Å². The number of anilines is 1. The highest BCUT2D eigenvalue weighted by molar-refractivity contribution is 6.02. The molecule has 2 aliphatic rings. The first-order chi connectivity index (χ1) is 19.3. The van der Waals surface area contributed by atoms with Crippen LogP contribution in [0.15, 0.2) is 47.5 Å². The van der Waals surface area contributed by atoms with E-state index in [1.165, 1.54) is 12.1 Å². The molecule has 40 heavy (non-hydrogen) atoms. The number of fused-ring (bicyclic) bond motifs is 1. The minimum absolute atomic E-state index is 0.104. The van der Waals surface area contributed by atoms with Crippen molar-refractivity contribution in [3.8, 4) is 17.4 Å². The van der Waals surface area contributed by atoms with E-state index < -0.39 is 4.92 Å². The van der Waals surface area contributed by atoms with Gasteiger partial charge in [-0.3, -0.25) is 14.9 Å². The number of nitro groups is 1. The van der Waals surface area contributed by atoms with Crippen LogP contribution in [0.1, 0.15) is 30.4 Å². The van der Waals surface area contributed by atoms with E-state index in [1.807, 2.05) is 12.1 Å². The second-order valence-corrected chi connectivity index (χ2v) is 9.70. The summed E-state index contributed by atoms with van der Waals surface area (Å²) in [5, 5.41) is 14.1. The van der Waals surface area contributed by atoms with Gasteiger partial charge in [-0.15, -0.1) is 0 Å². The number of non-ortho nitro benzene ring substituents is 1. The Hall–Kier alpha value is -4.58. The number of aliphatic imine (C=N–C) groups is 1. The average Bonchev–Trinajstić information content (AvgIpc) is 3.36. The molecule has 3 heterocycles. The molecule has 1 aromatic heterocycles.